The van der Waals surface area contributed by atoms with E-state index in [1.807, 2.05) is 20.8 Å². The van der Waals surface area contributed by atoms with Crippen LogP contribution in [0.2, 0.25) is 0 Å². The summed E-state index contributed by atoms with van der Waals surface area (Å²) in [5.41, 5.74) is -0.546. The molecule has 134 valence electrons. The van der Waals surface area contributed by atoms with Crippen molar-refractivity contribution in [1.82, 2.24) is 15.1 Å². The molecule has 0 aromatic heterocycles. The van der Waals surface area contributed by atoms with Gasteiger partial charge in [0.15, 0.2) is 0 Å². The lowest BCUT2D eigenvalue weighted by molar-refractivity contribution is -0.142. The standard InChI is InChI=1S/C16H25N3O5/c1-16(2,3)24-15(23)19-8-6-18(7-9-19)13(21)10-11-4-5-12(20)17-14(11)22/h11H,4-10H2,1-3H3,(H,17,20,22). The molecule has 0 aliphatic carbocycles. The third-order valence-corrected chi connectivity index (χ3v) is 4.06. The number of ether oxygens (including phenoxy) is 1. The minimum Gasteiger partial charge on any atom is -0.444 e. The van der Waals surface area contributed by atoms with Crippen molar-refractivity contribution in [2.24, 2.45) is 5.92 Å². The molecule has 8 nitrogen and oxygen atoms in total. The average Bonchev–Trinajstić information content (AvgIpc) is 2.48. The zero-order chi connectivity index (χ0) is 17.9. The van der Waals surface area contributed by atoms with Gasteiger partial charge in [0.2, 0.25) is 17.7 Å². The zero-order valence-corrected chi connectivity index (χ0v) is 14.5. The van der Waals surface area contributed by atoms with Gasteiger partial charge in [-0.25, -0.2) is 4.79 Å². The number of hydrogen-bond acceptors (Lipinski definition) is 5. The Morgan fingerprint density at radius 1 is 1.12 bits per heavy atom. The number of piperazine rings is 1. The molecule has 8 heteroatoms. The molecule has 0 radical (unpaired) electrons. The van der Waals surface area contributed by atoms with Crippen LogP contribution in [0.15, 0.2) is 0 Å². The fourth-order valence-corrected chi connectivity index (χ4v) is 2.74. The van der Waals surface area contributed by atoms with Gasteiger partial charge in [-0.2, -0.15) is 0 Å². The van der Waals surface area contributed by atoms with Crippen LogP contribution in [0, 0.1) is 5.92 Å². The molecule has 2 saturated heterocycles. The summed E-state index contributed by atoms with van der Waals surface area (Å²) in [6, 6.07) is 0. The number of rotatable bonds is 2. The van der Waals surface area contributed by atoms with Crippen molar-refractivity contribution in [3.8, 4) is 0 Å². The summed E-state index contributed by atoms with van der Waals surface area (Å²) in [7, 11) is 0. The Kier molecular flexibility index (Phi) is 5.46. The summed E-state index contributed by atoms with van der Waals surface area (Å²) in [6.07, 6.45) is 0.412. The minimum atomic E-state index is -0.546. The summed E-state index contributed by atoms with van der Waals surface area (Å²) in [6.45, 7) is 7.10. The summed E-state index contributed by atoms with van der Waals surface area (Å²) in [4.78, 5) is 50.4. The number of carbonyl (C=O) groups excluding carboxylic acids is 4. The van der Waals surface area contributed by atoms with Crippen LogP contribution in [-0.4, -0.2) is 65.4 Å². The number of amides is 4. The Morgan fingerprint density at radius 3 is 2.25 bits per heavy atom. The van der Waals surface area contributed by atoms with Crippen LogP contribution in [0.3, 0.4) is 0 Å². The van der Waals surface area contributed by atoms with Crippen LogP contribution >= 0.6 is 0 Å². The molecule has 0 bridgehead atoms. The molecule has 2 fully saturated rings. The van der Waals surface area contributed by atoms with Gasteiger partial charge in [-0.1, -0.05) is 0 Å². The lowest BCUT2D eigenvalue weighted by atomic mass is 9.94. The van der Waals surface area contributed by atoms with Crippen molar-refractivity contribution in [3.05, 3.63) is 0 Å². The topological polar surface area (TPSA) is 96.0 Å². The van der Waals surface area contributed by atoms with Crippen LogP contribution < -0.4 is 5.32 Å². The highest BCUT2D eigenvalue weighted by Gasteiger charge is 2.32. The monoisotopic (exact) mass is 339 g/mol. The number of nitrogens with one attached hydrogen (secondary N) is 1. The lowest BCUT2D eigenvalue weighted by Gasteiger charge is -2.36. The predicted octanol–water partition coefficient (Wildman–Crippen LogP) is 0.509. The second kappa shape index (κ2) is 7.19. The molecule has 0 saturated carbocycles. The Morgan fingerprint density at radius 2 is 1.71 bits per heavy atom. The maximum Gasteiger partial charge on any atom is 0.410 e. The van der Waals surface area contributed by atoms with Gasteiger partial charge in [-0.3, -0.25) is 19.7 Å². The van der Waals surface area contributed by atoms with E-state index in [9.17, 15) is 19.2 Å². The molecule has 0 aromatic carbocycles. The molecule has 1 atom stereocenters. The van der Waals surface area contributed by atoms with Gasteiger partial charge >= 0.3 is 6.09 Å². The average molecular weight is 339 g/mol. The maximum atomic E-state index is 12.3. The van der Waals surface area contributed by atoms with Crippen LogP contribution in [0.5, 0.6) is 0 Å². The number of nitrogens with zero attached hydrogens (tertiary/aromatic N) is 2. The van der Waals surface area contributed by atoms with Crippen molar-refractivity contribution < 1.29 is 23.9 Å². The predicted molar refractivity (Wildman–Crippen MR) is 84.9 cm³/mol. The second-order valence-electron chi connectivity index (χ2n) is 7.20. The van der Waals surface area contributed by atoms with Crippen LogP contribution in [0.25, 0.3) is 0 Å². The third kappa shape index (κ3) is 4.94. The minimum absolute atomic E-state index is 0.103. The first-order valence-electron chi connectivity index (χ1n) is 8.25. The van der Waals surface area contributed by atoms with Gasteiger partial charge < -0.3 is 14.5 Å². The van der Waals surface area contributed by atoms with E-state index >= 15 is 0 Å². The molecule has 24 heavy (non-hydrogen) atoms. The van der Waals surface area contributed by atoms with Crippen molar-refractivity contribution in [1.29, 1.82) is 0 Å². The van der Waals surface area contributed by atoms with Crippen LogP contribution in [0.4, 0.5) is 4.79 Å². The van der Waals surface area contributed by atoms with E-state index in [2.05, 4.69) is 5.32 Å². The Bertz CT molecular complexity index is 532. The van der Waals surface area contributed by atoms with Gasteiger partial charge in [0, 0.05) is 44.9 Å². The van der Waals surface area contributed by atoms with Gasteiger partial charge in [0.25, 0.3) is 0 Å². The molecular weight excluding hydrogens is 314 g/mol. The van der Waals surface area contributed by atoms with E-state index in [0.717, 1.165) is 0 Å². The molecule has 2 heterocycles. The van der Waals surface area contributed by atoms with E-state index in [0.29, 0.717) is 32.6 Å². The first-order valence-corrected chi connectivity index (χ1v) is 8.25. The third-order valence-electron chi connectivity index (χ3n) is 4.06. The second-order valence-corrected chi connectivity index (χ2v) is 7.20. The van der Waals surface area contributed by atoms with Gasteiger partial charge in [0.1, 0.15) is 5.60 Å². The van der Waals surface area contributed by atoms with E-state index < -0.39 is 11.5 Å². The Balaban J connectivity index is 1.79. The molecule has 2 aliphatic heterocycles. The zero-order valence-electron chi connectivity index (χ0n) is 14.5. The molecule has 2 rings (SSSR count). The van der Waals surface area contributed by atoms with Crippen molar-refractivity contribution in [3.63, 3.8) is 0 Å². The first-order chi connectivity index (χ1) is 11.2. The summed E-state index contributed by atoms with van der Waals surface area (Å²) >= 11 is 0. The fraction of sp³-hybridized carbons (Fsp3) is 0.750. The van der Waals surface area contributed by atoms with E-state index in [1.54, 1.807) is 9.80 Å². The molecule has 0 aromatic rings. The largest absolute Gasteiger partial charge is 0.444 e. The van der Waals surface area contributed by atoms with Crippen molar-refractivity contribution >= 4 is 23.8 Å². The van der Waals surface area contributed by atoms with Gasteiger partial charge in [-0.15, -0.1) is 0 Å². The highest BCUT2D eigenvalue weighted by molar-refractivity contribution is 6.00. The lowest BCUT2D eigenvalue weighted by Crippen LogP contribution is -2.52. The molecule has 1 unspecified atom stereocenters. The Labute approximate surface area is 141 Å². The number of piperidine rings is 1. The molecular formula is C16H25N3O5. The number of hydrogen-bond donors (Lipinski definition) is 1. The van der Waals surface area contributed by atoms with Crippen LogP contribution in [0.1, 0.15) is 40.0 Å². The molecule has 2 aliphatic rings. The smallest absolute Gasteiger partial charge is 0.410 e. The van der Waals surface area contributed by atoms with Gasteiger partial charge in [-0.05, 0) is 27.2 Å². The number of carbonyl (C=O) groups is 4. The number of imide groups is 1. The normalized spacial score (nSPS) is 22.2. The highest BCUT2D eigenvalue weighted by Crippen LogP contribution is 2.18. The van der Waals surface area contributed by atoms with Crippen LogP contribution in [-0.2, 0) is 19.1 Å². The van der Waals surface area contributed by atoms with E-state index in [4.69, 9.17) is 4.74 Å². The summed E-state index contributed by atoms with van der Waals surface area (Å²) in [5.74, 6) is -1.21. The van der Waals surface area contributed by atoms with E-state index in [1.165, 1.54) is 0 Å². The quantitative estimate of drug-likeness (QED) is 0.740. The van der Waals surface area contributed by atoms with E-state index in [-0.39, 0.29) is 36.7 Å². The van der Waals surface area contributed by atoms with Crippen molar-refractivity contribution in [2.45, 2.75) is 45.6 Å². The highest BCUT2D eigenvalue weighted by atomic mass is 16.6. The summed E-state index contributed by atoms with van der Waals surface area (Å²) < 4.78 is 5.32. The Hall–Kier alpha value is -2.12. The first kappa shape index (κ1) is 18.2. The molecule has 1 N–H and O–H groups in total. The molecule has 0 spiro atoms. The van der Waals surface area contributed by atoms with Crippen molar-refractivity contribution in [2.75, 3.05) is 26.2 Å². The molecule has 4 amide bonds. The summed E-state index contributed by atoms with van der Waals surface area (Å²) in [5, 5.41) is 2.26. The SMILES string of the molecule is CC(C)(C)OC(=O)N1CCN(C(=O)CC2CCC(=O)NC2=O)CC1. The van der Waals surface area contributed by atoms with Gasteiger partial charge in [0.05, 0.1) is 0 Å². The fourth-order valence-electron chi connectivity index (χ4n) is 2.74. The maximum absolute atomic E-state index is 12.3.